The molecule has 5 heteroatoms. The molecule has 25 heavy (non-hydrogen) atoms. The van der Waals surface area contributed by atoms with Gasteiger partial charge in [-0.3, -0.25) is 4.79 Å². The monoisotopic (exact) mass is 337 g/mol. The molecule has 5 nitrogen and oxygen atoms in total. The molecule has 0 saturated carbocycles. The van der Waals surface area contributed by atoms with Crippen molar-refractivity contribution in [2.45, 2.75) is 26.2 Å². The molecule has 0 aliphatic carbocycles. The number of fused-ring (bicyclic) bond motifs is 1. The molecule has 4 rings (SSSR count). The van der Waals surface area contributed by atoms with Crippen LogP contribution in [0, 0.1) is 12.8 Å². The van der Waals surface area contributed by atoms with E-state index in [9.17, 15) is 4.79 Å². The third kappa shape index (κ3) is 3.29. The predicted molar refractivity (Wildman–Crippen MR) is 95.1 cm³/mol. The zero-order valence-electron chi connectivity index (χ0n) is 14.6. The van der Waals surface area contributed by atoms with E-state index in [0.717, 1.165) is 55.1 Å². The summed E-state index contributed by atoms with van der Waals surface area (Å²) in [5.74, 6) is 1.05. The zero-order valence-corrected chi connectivity index (χ0v) is 14.6. The van der Waals surface area contributed by atoms with E-state index in [-0.39, 0.29) is 11.8 Å². The van der Waals surface area contributed by atoms with Crippen LogP contribution in [-0.2, 0) is 22.4 Å². The fourth-order valence-electron chi connectivity index (χ4n) is 3.71. The Balaban J connectivity index is 1.57. The largest absolute Gasteiger partial charge is 0.381 e. The van der Waals surface area contributed by atoms with Crippen molar-refractivity contribution in [1.29, 1.82) is 0 Å². The smallest absolute Gasteiger partial charge is 0.228 e. The summed E-state index contributed by atoms with van der Waals surface area (Å²) >= 11 is 0. The molecule has 1 fully saturated rings. The summed E-state index contributed by atoms with van der Waals surface area (Å²) in [6.07, 6.45) is 2.46. The number of amides is 1. The van der Waals surface area contributed by atoms with Gasteiger partial charge in [0, 0.05) is 43.1 Å². The summed E-state index contributed by atoms with van der Waals surface area (Å²) in [7, 11) is 0. The predicted octanol–water partition coefficient (Wildman–Crippen LogP) is 2.42. The summed E-state index contributed by atoms with van der Waals surface area (Å²) in [6, 6.07) is 10.1. The van der Waals surface area contributed by atoms with Gasteiger partial charge in [-0.15, -0.1) is 0 Å². The maximum atomic E-state index is 12.7. The van der Waals surface area contributed by atoms with Crippen LogP contribution < -0.4 is 0 Å². The number of carbonyl (C=O) groups is 1. The van der Waals surface area contributed by atoms with Gasteiger partial charge >= 0.3 is 0 Å². The van der Waals surface area contributed by atoms with Crippen molar-refractivity contribution in [3.63, 3.8) is 0 Å². The summed E-state index contributed by atoms with van der Waals surface area (Å²) in [5.41, 5.74) is 4.36. The number of rotatable bonds is 2. The minimum atomic E-state index is 0.0354. The van der Waals surface area contributed by atoms with Gasteiger partial charge in [-0.1, -0.05) is 30.3 Å². The van der Waals surface area contributed by atoms with Crippen LogP contribution in [0.25, 0.3) is 11.4 Å². The first kappa shape index (κ1) is 16.2. The number of aryl methyl sites for hydroxylation is 1. The van der Waals surface area contributed by atoms with E-state index >= 15 is 0 Å². The third-order valence-electron chi connectivity index (χ3n) is 5.17. The van der Waals surface area contributed by atoms with Crippen molar-refractivity contribution >= 4 is 5.91 Å². The second-order valence-corrected chi connectivity index (χ2v) is 6.81. The Labute approximate surface area is 148 Å². The van der Waals surface area contributed by atoms with Crippen LogP contribution >= 0.6 is 0 Å². The zero-order chi connectivity index (χ0) is 17.2. The minimum Gasteiger partial charge on any atom is -0.381 e. The first-order valence-corrected chi connectivity index (χ1v) is 9.00. The number of hydrogen-bond acceptors (Lipinski definition) is 4. The van der Waals surface area contributed by atoms with Crippen LogP contribution in [0.15, 0.2) is 30.3 Å². The lowest BCUT2D eigenvalue weighted by atomic mass is 10.1. The first-order valence-electron chi connectivity index (χ1n) is 9.00. The van der Waals surface area contributed by atoms with Gasteiger partial charge in [0.15, 0.2) is 5.82 Å². The van der Waals surface area contributed by atoms with Crippen LogP contribution in [0.5, 0.6) is 0 Å². The molecule has 2 aliphatic heterocycles. The lowest BCUT2D eigenvalue weighted by Gasteiger charge is -2.23. The normalized spacial score (nSPS) is 20.2. The van der Waals surface area contributed by atoms with Crippen LogP contribution in [0.2, 0.25) is 0 Å². The fraction of sp³-hybridized carbons (Fsp3) is 0.450. The maximum Gasteiger partial charge on any atom is 0.228 e. The fourth-order valence-corrected chi connectivity index (χ4v) is 3.71. The average molecular weight is 337 g/mol. The summed E-state index contributed by atoms with van der Waals surface area (Å²) in [5, 5.41) is 0. The van der Waals surface area contributed by atoms with Crippen molar-refractivity contribution in [2.75, 3.05) is 26.3 Å². The standard InChI is InChI=1S/C20H23N3O2/c1-14-17-7-10-23(20(24)16-9-12-25-13-16)11-8-18(17)22-19(21-14)15-5-3-2-4-6-15/h2-6,16H,7-13H2,1H3. The topological polar surface area (TPSA) is 55.3 Å². The van der Waals surface area contributed by atoms with E-state index in [1.54, 1.807) is 0 Å². The molecular weight excluding hydrogens is 314 g/mol. The van der Waals surface area contributed by atoms with Crippen LogP contribution in [-0.4, -0.2) is 47.1 Å². The van der Waals surface area contributed by atoms with Gasteiger partial charge in [0.2, 0.25) is 5.91 Å². The Hall–Kier alpha value is -2.27. The lowest BCUT2D eigenvalue weighted by Crippen LogP contribution is -2.38. The van der Waals surface area contributed by atoms with Gasteiger partial charge in [0.25, 0.3) is 0 Å². The Morgan fingerprint density at radius 2 is 1.96 bits per heavy atom. The summed E-state index contributed by atoms with van der Waals surface area (Å²) in [6.45, 7) is 4.80. The number of nitrogens with zero attached hydrogens (tertiary/aromatic N) is 3. The van der Waals surface area contributed by atoms with Crippen molar-refractivity contribution in [3.05, 3.63) is 47.3 Å². The molecule has 2 aliphatic rings. The van der Waals surface area contributed by atoms with Gasteiger partial charge in [0.1, 0.15) is 0 Å². The number of hydrogen-bond donors (Lipinski definition) is 0. The van der Waals surface area contributed by atoms with Gasteiger partial charge in [-0.25, -0.2) is 9.97 Å². The highest BCUT2D eigenvalue weighted by molar-refractivity contribution is 5.79. The highest BCUT2D eigenvalue weighted by Gasteiger charge is 2.29. The molecule has 0 radical (unpaired) electrons. The molecular formula is C20H23N3O2. The molecule has 1 aromatic heterocycles. The Kier molecular flexibility index (Phi) is 4.49. The van der Waals surface area contributed by atoms with E-state index in [1.807, 2.05) is 35.2 Å². The Morgan fingerprint density at radius 1 is 1.16 bits per heavy atom. The molecule has 2 aromatic rings. The molecule has 1 aromatic carbocycles. The highest BCUT2D eigenvalue weighted by atomic mass is 16.5. The average Bonchev–Trinajstić information content (AvgIpc) is 3.09. The van der Waals surface area contributed by atoms with Crippen LogP contribution in [0.4, 0.5) is 0 Å². The van der Waals surface area contributed by atoms with E-state index < -0.39 is 0 Å². The molecule has 1 amide bonds. The first-order chi connectivity index (χ1) is 12.2. The third-order valence-corrected chi connectivity index (χ3v) is 5.17. The van der Waals surface area contributed by atoms with Crippen molar-refractivity contribution < 1.29 is 9.53 Å². The molecule has 130 valence electrons. The summed E-state index contributed by atoms with van der Waals surface area (Å²) in [4.78, 5) is 24.2. The lowest BCUT2D eigenvalue weighted by molar-refractivity contribution is -0.135. The Morgan fingerprint density at radius 3 is 2.72 bits per heavy atom. The van der Waals surface area contributed by atoms with Crippen molar-refractivity contribution in [1.82, 2.24) is 14.9 Å². The van der Waals surface area contributed by atoms with E-state index in [0.29, 0.717) is 13.2 Å². The second kappa shape index (κ2) is 6.92. The maximum absolute atomic E-state index is 12.7. The minimum absolute atomic E-state index is 0.0354. The van der Waals surface area contributed by atoms with Gasteiger partial charge in [-0.2, -0.15) is 0 Å². The quantitative estimate of drug-likeness (QED) is 0.844. The van der Waals surface area contributed by atoms with Crippen LogP contribution in [0.3, 0.4) is 0 Å². The molecule has 0 N–H and O–H groups in total. The molecule has 1 saturated heterocycles. The molecule has 3 heterocycles. The van der Waals surface area contributed by atoms with Gasteiger partial charge in [0.05, 0.1) is 12.5 Å². The Bertz CT molecular complexity index is 770. The summed E-state index contributed by atoms with van der Waals surface area (Å²) < 4.78 is 5.38. The van der Waals surface area contributed by atoms with E-state index in [2.05, 4.69) is 6.92 Å². The number of carbonyl (C=O) groups excluding carboxylic acids is 1. The van der Waals surface area contributed by atoms with E-state index in [4.69, 9.17) is 14.7 Å². The molecule has 1 atom stereocenters. The molecule has 0 spiro atoms. The highest BCUT2D eigenvalue weighted by Crippen LogP contribution is 2.23. The number of aromatic nitrogens is 2. The number of benzene rings is 1. The van der Waals surface area contributed by atoms with Gasteiger partial charge in [-0.05, 0) is 25.3 Å². The molecule has 1 unspecified atom stereocenters. The van der Waals surface area contributed by atoms with Crippen molar-refractivity contribution in [3.8, 4) is 11.4 Å². The second-order valence-electron chi connectivity index (χ2n) is 6.81. The van der Waals surface area contributed by atoms with E-state index in [1.165, 1.54) is 5.56 Å². The number of ether oxygens (including phenoxy) is 1. The molecule has 0 bridgehead atoms. The van der Waals surface area contributed by atoms with Crippen LogP contribution in [0.1, 0.15) is 23.4 Å². The van der Waals surface area contributed by atoms with Gasteiger partial charge < -0.3 is 9.64 Å². The SMILES string of the molecule is Cc1nc(-c2ccccc2)nc2c1CCN(C(=O)C1CCOC1)CC2. The van der Waals surface area contributed by atoms with Crippen molar-refractivity contribution in [2.24, 2.45) is 5.92 Å².